The van der Waals surface area contributed by atoms with Crippen LogP contribution in [-0.4, -0.2) is 75.6 Å². The van der Waals surface area contributed by atoms with Gasteiger partial charge in [0.25, 0.3) is 5.91 Å². The van der Waals surface area contributed by atoms with Crippen LogP contribution in [0.25, 0.3) is 0 Å². The van der Waals surface area contributed by atoms with E-state index >= 15 is 0 Å². The third-order valence-electron chi connectivity index (χ3n) is 5.36. The van der Waals surface area contributed by atoms with Crippen molar-refractivity contribution in [2.45, 2.75) is 38.3 Å². The Labute approximate surface area is 233 Å². The third-order valence-corrected chi connectivity index (χ3v) is 5.36. The first-order chi connectivity index (χ1) is 19.5. The maximum atomic E-state index is 12.5. The van der Waals surface area contributed by atoms with Crippen LogP contribution < -0.4 is 20.9 Å². The fraction of sp³-hybridized carbons (Fsp3) is 0.375. The van der Waals surface area contributed by atoms with Crippen molar-refractivity contribution in [3.63, 3.8) is 0 Å². The van der Waals surface area contributed by atoms with Crippen molar-refractivity contribution in [3.8, 4) is 5.75 Å². The standard InChI is InChI=1S/C20H24N4O4.2C2HF3O2/c1-13-15(3-2-9-22-13)12-28-16-6-4-14(5-7-16)19(25)23-18-11-21-10-8-17(18)20(26)24-27;2*3-2(4,5)1(6)7/h2-7,9,17-18,21,27H,8,10-12H2,1H3,(H,23,25)(H,24,26);2*(H,6,7)/t17-,18+;;/m0../s1. The summed E-state index contributed by atoms with van der Waals surface area (Å²) >= 11 is 0. The number of carbonyl (C=O) groups excluding carboxylic acids is 2. The van der Waals surface area contributed by atoms with Gasteiger partial charge in [-0.15, -0.1) is 0 Å². The van der Waals surface area contributed by atoms with Crippen LogP contribution in [0.1, 0.15) is 28.0 Å². The number of amides is 2. The van der Waals surface area contributed by atoms with Gasteiger partial charge in [0.15, 0.2) is 0 Å². The Balaban J connectivity index is 0.000000522. The Kier molecular flexibility index (Phi) is 13.6. The van der Waals surface area contributed by atoms with Gasteiger partial charge in [0.05, 0.1) is 12.0 Å². The lowest BCUT2D eigenvalue weighted by atomic mass is 9.91. The molecule has 2 amide bonds. The second-order valence-corrected chi connectivity index (χ2v) is 8.32. The Hall–Kier alpha value is -4.45. The molecule has 6 N–H and O–H groups in total. The number of aryl methyl sites for hydroxylation is 1. The van der Waals surface area contributed by atoms with Crippen molar-refractivity contribution < 1.29 is 65.7 Å². The van der Waals surface area contributed by atoms with Gasteiger partial charge < -0.3 is 25.6 Å². The maximum absolute atomic E-state index is 12.5. The van der Waals surface area contributed by atoms with Gasteiger partial charge >= 0.3 is 24.3 Å². The average Bonchev–Trinajstić information content (AvgIpc) is 2.92. The summed E-state index contributed by atoms with van der Waals surface area (Å²) in [6.45, 7) is 3.45. The highest BCUT2D eigenvalue weighted by molar-refractivity contribution is 5.95. The van der Waals surface area contributed by atoms with Crippen LogP contribution >= 0.6 is 0 Å². The third kappa shape index (κ3) is 12.4. The van der Waals surface area contributed by atoms with Crippen molar-refractivity contribution in [1.82, 2.24) is 21.1 Å². The second-order valence-electron chi connectivity index (χ2n) is 8.32. The summed E-state index contributed by atoms with van der Waals surface area (Å²) in [4.78, 5) is 46.3. The quantitative estimate of drug-likeness (QED) is 0.161. The molecular formula is C24H26F6N4O8. The van der Waals surface area contributed by atoms with E-state index in [2.05, 4.69) is 15.6 Å². The zero-order valence-corrected chi connectivity index (χ0v) is 21.6. The number of hydroxylamine groups is 1. The Morgan fingerprint density at radius 2 is 1.55 bits per heavy atom. The van der Waals surface area contributed by atoms with Crippen molar-refractivity contribution >= 4 is 23.8 Å². The van der Waals surface area contributed by atoms with Gasteiger partial charge in [-0.2, -0.15) is 26.3 Å². The molecule has 3 rings (SSSR count). The van der Waals surface area contributed by atoms with Gasteiger partial charge in [0.2, 0.25) is 5.91 Å². The molecule has 1 aliphatic rings. The van der Waals surface area contributed by atoms with E-state index < -0.39 is 42.2 Å². The number of carboxylic acids is 2. The molecular weight excluding hydrogens is 586 g/mol. The average molecular weight is 612 g/mol. The first-order valence-electron chi connectivity index (χ1n) is 11.7. The number of piperidine rings is 1. The van der Waals surface area contributed by atoms with Gasteiger partial charge in [-0.3, -0.25) is 19.8 Å². The normalized spacial score (nSPS) is 16.4. The number of nitrogens with one attached hydrogen (secondary N) is 3. The molecule has 2 aromatic rings. The molecule has 1 saturated heterocycles. The topological polar surface area (TPSA) is 187 Å². The maximum Gasteiger partial charge on any atom is 0.490 e. The fourth-order valence-electron chi connectivity index (χ4n) is 3.19. The Morgan fingerprint density at radius 3 is 2.02 bits per heavy atom. The number of nitrogens with zero attached hydrogens (tertiary/aromatic N) is 1. The van der Waals surface area contributed by atoms with Gasteiger partial charge in [0.1, 0.15) is 12.4 Å². The molecule has 42 heavy (non-hydrogen) atoms. The van der Waals surface area contributed by atoms with Crippen LogP contribution in [0.4, 0.5) is 26.3 Å². The van der Waals surface area contributed by atoms with E-state index in [1.807, 2.05) is 19.1 Å². The summed E-state index contributed by atoms with van der Waals surface area (Å²) in [6, 6.07) is 10.3. The van der Waals surface area contributed by atoms with E-state index in [0.29, 0.717) is 37.4 Å². The second kappa shape index (κ2) is 16.1. The van der Waals surface area contributed by atoms with Crippen molar-refractivity contribution in [3.05, 3.63) is 59.4 Å². The number of aromatic nitrogens is 1. The summed E-state index contributed by atoms with van der Waals surface area (Å²) in [5.74, 6) is -6.10. The molecule has 12 nitrogen and oxygen atoms in total. The number of ether oxygens (including phenoxy) is 1. The molecule has 232 valence electrons. The molecule has 0 saturated carbocycles. The molecule has 2 heterocycles. The molecule has 2 atom stereocenters. The number of rotatable bonds is 6. The fourth-order valence-corrected chi connectivity index (χ4v) is 3.19. The smallest absolute Gasteiger partial charge is 0.489 e. The predicted octanol–water partition coefficient (Wildman–Crippen LogP) is 2.45. The van der Waals surface area contributed by atoms with Crippen LogP contribution in [0.15, 0.2) is 42.6 Å². The molecule has 0 radical (unpaired) electrons. The number of carbonyl (C=O) groups is 4. The minimum atomic E-state index is -5.08. The first-order valence-corrected chi connectivity index (χ1v) is 11.7. The summed E-state index contributed by atoms with van der Waals surface area (Å²) in [5.41, 5.74) is 4.07. The number of halogens is 6. The van der Waals surface area contributed by atoms with Gasteiger partial charge in [-0.1, -0.05) is 6.07 Å². The summed E-state index contributed by atoms with van der Waals surface area (Å²) in [6.07, 6.45) is -7.89. The molecule has 0 bridgehead atoms. The highest BCUT2D eigenvalue weighted by Gasteiger charge is 2.39. The van der Waals surface area contributed by atoms with Gasteiger partial charge in [-0.25, -0.2) is 15.1 Å². The molecule has 1 fully saturated rings. The molecule has 18 heteroatoms. The lowest BCUT2D eigenvalue weighted by molar-refractivity contribution is -0.193. The number of pyridine rings is 1. The first kappa shape index (κ1) is 35.6. The molecule has 0 spiro atoms. The van der Waals surface area contributed by atoms with Crippen molar-refractivity contribution in [2.24, 2.45) is 5.92 Å². The van der Waals surface area contributed by atoms with Crippen LogP contribution in [0.2, 0.25) is 0 Å². The number of alkyl halides is 6. The van der Waals surface area contributed by atoms with Crippen LogP contribution in [0.3, 0.4) is 0 Å². The van der Waals surface area contributed by atoms with Crippen LogP contribution in [-0.2, 0) is 21.0 Å². The van der Waals surface area contributed by atoms with Crippen molar-refractivity contribution in [2.75, 3.05) is 13.1 Å². The van der Waals surface area contributed by atoms with Crippen molar-refractivity contribution in [1.29, 1.82) is 0 Å². The molecule has 1 aromatic heterocycles. The van der Waals surface area contributed by atoms with Crippen LogP contribution in [0, 0.1) is 12.8 Å². The highest BCUT2D eigenvalue weighted by atomic mass is 19.4. The zero-order chi connectivity index (χ0) is 32.1. The monoisotopic (exact) mass is 612 g/mol. The number of hydrogen-bond donors (Lipinski definition) is 6. The summed E-state index contributed by atoms with van der Waals surface area (Å²) in [5, 5.41) is 29.1. The SMILES string of the molecule is Cc1ncccc1COc1ccc(C(=O)N[C@@H]2CNCC[C@@H]2C(=O)NO)cc1.O=C(O)C(F)(F)F.O=C(O)C(F)(F)F. The van der Waals surface area contributed by atoms with E-state index in [1.165, 1.54) is 0 Å². The number of carboxylic acid groups (broad SMARTS) is 2. The van der Waals surface area contributed by atoms with E-state index in [9.17, 15) is 35.9 Å². The van der Waals surface area contributed by atoms with Gasteiger partial charge in [-0.05, 0) is 50.2 Å². The minimum absolute atomic E-state index is 0.279. The zero-order valence-electron chi connectivity index (χ0n) is 21.6. The van der Waals surface area contributed by atoms with Gasteiger partial charge in [0, 0.05) is 29.6 Å². The largest absolute Gasteiger partial charge is 0.490 e. The molecule has 1 aliphatic heterocycles. The Morgan fingerprint density at radius 1 is 1.00 bits per heavy atom. The number of benzene rings is 1. The van der Waals surface area contributed by atoms with E-state index in [4.69, 9.17) is 29.7 Å². The van der Waals surface area contributed by atoms with E-state index in [-0.39, 0.29) is 5.91 Å². The summed E-state index contributed by atoms with van der Waals surface area (Å²) < 4.78 is 69.2. The highest BCUT2D eigenvalue weighted by Crippen LogP contribution is 2.17. The van der Waals surface area contributed by atoms with E-state index in [0.717, 1.165) is 11.3 Å². The molecule has 0 aliphatic carbocycles. The molecule has 1 aromatic carbocycles. The molecule has 0 unspecified atom stereocenters. The van der Waals surface area contributed by atoms with Crippen LogP contribution in [0.5, 0.6) is 5.75 Å². The minimum Gasteiger partial charge on any atom is -0.489 e. The lowest BCUT2D eigenvalue weighted by Gasteiger charge is -2.31. The lowest BCUT2D eigenvalue weighted by Crippen LogP contribution is -2.55. The number of aliphatic carboxylic acids is 2. The van der Waals surface area contributed by atoms with E-state index in [1.54, 1.807) is 35.9 Å². The number of hydrogen-bond acceptors (Lipinski definition) is 8. The summed E-state index contributed by atoms with van der Waals surface area (Å²) in [7, 11) is 0. The Bertz CT molecular complexity index is 1180. The predicted molar refractivity (Wildman–Crippen MR) is 129 cm³/mol.